The minimum atomic E-state index is -4.96. The number of hydrogen-bond acceptors (Lipinski definition) is 15. The highest BCUT2D eigenvalue weighted by molar-refractivity contribution is 7.47. The molecule has 95 heavy (non-hydrogen) atoms. The van der Waals surface area contributed by atoms with Gasteiger partial charge in [-0.05, 0) is 43.4 Å². The smallest absolute Gasteiger partial charge is 0.462 e. The summed E-state index contributed by atoms with van der Waals surface area (Å²) < 4.78 is 68.5. The lowest BCUT2D eigenvalue weighted by Crippen LogP contribution is -2.30. The van der Waals surface area contributed by atoms with Crippen molar-refractivity contribution < 1.29 is 80.2 Å². The second-order valence-electron chi connectivity index (χ2n) is 28.6. The van der Waals surface area contributed by atoms with E-state index in [0.29, 0.717) is 25.7 Å². The van der Waals surface area contributed by atoms with Crippen molar-refractivity contribution in [2.24, 2.45) is 17.8 Å². The highest BCUT2D eigenvalue weighted by atomic mass is 31.2. The average Bonchev–Trinajstić information content (AvgIpc) is 1.78. The van der Waals surface area contributed by atoms with E-state index in [2.05, 4.69) is 48.5 Å². The van der Waals surface area contributed by atoms with Crippen LogP contribution in [0.5, 0.6) is 0 Å². The third-order valence-electron chi connectivity index (χ3n) is 18.0. The van der Waals surface area contributed by atoms with Gasteiger partial charge in [0.2, 0.25) is 0 Å². The molecule has 0 aliphatic carbocycles. The van der Waals surface area contributed by atoms with E-state index in [9.17, 15) is 43.2 Å². The zero-order valence-electron chi connectivity index (χ0n) is 62.1. The minimum absolute atomic E-state index is 0.105. The number of carbonyl (C=O) groups is 4. The molecule has 564 valence electrons. The van der Waals surface area contributed by atoms with Crippen molar-refractivity contribution in [2.45, 2.75) is 407 Å². The van der Waals surface area contributed by atoms with Crippen molar-refractivity contribution in [1.29, 1.82) is 0 Å². The van der Waals surface area contributed by atoms with Crippen molar-refractivity contribution in [3.05, 3.63) is 0 Å². The standard InChI is InChI=1S/C76H148O17P2/c1-8-10-11-12-13-14-28-36-43-50-57-73(78)86-64-72(93-76(81)60-53-46-39-32-31-35-42-49-56-69(7)9-2)66-91-95(84,85)89-62-70(77)61-88-94(82,83)90-65-71(63-87-74(79)58-51-44-37-30-25-27-34-41-48-55-68(5)6)92-75(80)59-52-45-38-29-24-22-20-18-16-15-17-19-21-23-26-33-40-47-54-67(3)4/h67-72,77H,8-66H2,1-7H3,(H,82,83)(H,84,85)/t69?,70-,71-,72-/m1/s1. The Morgan fingerprint density at radius 1 is 0.305 bits per heavy atom. The third kappa shape index (κ3) is 69.0. The SMILES string of the molecule is CCCCCCCCCCCCC(=O)OC[C@H](COP(=O)(O)OC[C@H](O)COP(=O)(O)OC[C@@H](COC(=O)CCCCCCCCCCCC(C)C)OC(=O)CCCCCCCCCCCCCCCCCCCCC(C)C)OC(=O)CCCCCCCCCCC(C)CC. The number of hydrogen-bond donors (Lipinski definition) is 3. The molecule has 0 saturated carbocycles. The van der Waals surface area contributed by atoms with Crippen molar-refractivity contribution in [3.8, 4) is 0 Å². The molecule has 17 nitrogen and oxygen atoms in total. The molecule has 0 rings (SSSR count). The number of unbranched alkanes of at least 4 members (excludes halogenated alkanes) is 41. The van der Waals surface area contributed by atoms with Crippen LogP contribution in [0.25, 0.3) is 0 Å². The predicted octanol–water partition coefficient (Wildman–Crippen LogP) is 22.2. The van der Waals surface area contributed by atoms with Crippen molar-refractivity contribution >= 4 is 39.5 Å². The lowest BCUT2D eigenvalue weighted by Gasteiger charge is -2.21. The first-order chi connectivity index (χ1) is 45.8. The van der Waals surface area contributed by atoms with Crippen LogP contribution in [-0.2, 0) is 65.4 Å². The summed E-state index contributed by atoms with van der Waals surface area (Å²) in [6.45, 7) is 11.9. The first-order valence-electron chi connectivity index (χ1n) is 39.4. The molecule has 0 heterocycles. The lowest BCUT2D eigenvalue weighted by atomic mass is 9.99. The van der Waals surface area contributed by atoms with E-state index in [-0.39, 0.29) is 25.7 Å². The van der Waals surface area contributed by atoms with Gasteiger partial charge in [0.05, 0.1) is 26.4 Å². The van der Waals surface area contributed by atoms with Crippen LogP contribution in [-0.4, -0.2) is 96.7 Å². The summed E-state index contributed by atoms with van der Waals surface area (Å²) in [7, 11) is -9.91. The molecular weight excluding hydrogens is 1250 g/mol. The Bertz CT molecular complexity index is 1850. The largest absolute Gasteiger partial charge is 0.472 e. The molecule has 19 heteroatoms. The van der Waals surface area contributed by atoms with Gasteiger partial charge in [0.1, 0.15) is 19.3 Å². The summed E-state index contributed by atoms with van der Waals surface area (Å²) in [5, 5.41) is 10.6. The third-order valence-corrected chi connectivity index (χ3v) is 19.9. The van der Waals surface area contributed by atoms with E-state index in [1.54, 1.807) is 0 Å². The number of carbonyl (C=O) groups excluding carboxylic acids is 4. The van der Waals surface area contributed by atoms with E-state index < -0.39 is 97.5 Å². The topological polar surface area (TPSA) is 237 Å². The van der Waals surface area contributed by atoms with E-state index >= 15 is 0 Å². The fourth-order valence-electron chi connectivity index (χ4n) is 11.6. The normalized spacial score (nSPS) is 14.4. The summed E-state index contributed by atoms with van der Waals surface area (Å²) in [5.74, 6) is 0.214. The molecule has 6 atom stereocenters. The summed E-state index contributed by atoms with van der Waals surface area (Å²) in [6.07, 6.45) is 52.7. The number of aliphatic hydroxyl groups is 1. The Hall–Kier alpha value is -1.94. The van der Waals surface area contributed by atoms with Gasteiger partial charge in [0.25, 0.3) is 0 Å². The second kappa shape index (κ2) is 66.6. The summed E-state index contributed by atoms with van der Waals surface area (Å²) >= 11 is 0. The number of aliphatic hydroxyl groups excluding tert-OH is 1. The molecule has 0 spiro atoms. The molecule has 0 aromatic rings. The molecule has 0 fully saturated rings. The Morgan fingerprint density at radius 2 is 0.537 bits per heavy atom. The van der Waals surface area contributed by atoms with Gasteiger partial charge in [-0.1, -0.05) is 337 Å². The van der Waals surface area contributed by atoms with E-state index in [1.165, 1.54) is 199 Å². The number of phosphoric acid groups is 2. The van der Waals surface area contributed by atoms with Crippen LogP contribution in [0.3, 0.4) is 0 Å². The second-order valence-corrected chi connectivity index (χ2v) is 31.5. The van der Waals surface area contributed by atoms with Crippen LogP contribution < -0.4 is 0 Å². The fraction of sp³-hybridized carbons (Fsp3) is 0.947. The molecule has 0 aliphatic heterocycles. The van der Waals surface area contributed by atoms with E-state index in [1.807, 2.05) is 0 Å². The van der Waals surface area contributed by atoms with Crippen molar-refractivity contribution in [3.63, 3.8) is 0 Å². The fourth-order valence-corrected chi connectivity index (χ4v) is 13.1. The first kappa shape index (κ1) is 93.1. The van der Waals surface area contributed by atoms with Crippen molar-refractivity contribution in [1.82, 2.24) is 0 Å². The highest BCUT2D eigenvalue weighted by Crippen LogP contribution is 2.45. The van der Waals surface area contributed by atoms with E-state index in [4.69, 9.17) is 37.0 Å². The molecule has 0 aromatic carbocycles. The van der Waals surface area contributed by atoms with Gasteiger partial charge in [0.15, 0.2) is 12.2 Å². The molecule has 0 amide bonds. The molecule has 3 unspecified atom stereocenters. The van der Waals surface area contributed by atoms with Crippen molar-refractivity contribution in [2.75, 3.05) is 39.6 Å². The lowest BCUT2D eigenvalue weighted by molar-refractivity contribution is -0.161. The molecule has 0 aliphatic rings. The van der Waals surface area contributed by atoms with Gasteiger partial charge in [0, 0.05) is 25.7 Å². The zero-order valence-corrected chi connectivity index (χ0v) is 63.9. The van der Waals surface area contributed by atoms with Crippen LogP contribution in [0.15, 0.2) is 0 Å². The van der Waals surface area contributed by atoms with Crippen LogP contribution in [0.2, 0.25) is 0 Å². The quantitative estimate of drug-likeness (QED) is 0.0222. The van der Waals surface area contributed by atoms with Gasteiger partial charge < -0.3 is 33.8 Å². The predicted molar refractivity (Wildman–Crippen MR) is 386 cm³/mol. The molecular formula is C76H148O17P2. The zero-order chi connectivity index (χ0) is 70.1. The Kier molecular flexibility index (Phi) is 65.2. The van der Waals surface area contributed by atoms with Gasteiger partial charge in [-0.15, -0.1) is 0 Å². The average molecular weight is 1400 g/mol. The first-order valence-corrected chi connectivity index (χ1v) is 42.4. The molecule has 0 radical (unpaired) electrons. The van der Waals surface area contributed by atoms with Crippen LogP contribution in [0, 0.1) is 17.8 Å². The number of ether oxygens (including phenoxy) is 4. The minimum Gasteiger partial charge on any atom is -0.462 e. The summed E-state index contributed by atoms with van der Waals surface area (Å²) in [4.78, 5) is 72.7. The maximum absolute atomic E-state index is 13.1. The summed E-state index contributed by atoms with van der Waals surface area (Å²) in [6, 6.07) is 0. The number of phosphoric ester groups is 2. The van der Waals surface area contributed by atoms with Gasteiger partial charge >= 0.3 is 39.5 Å². The summed E-state index contributed by atoms with van der Waals surface area (Å²) in [5.41, 5.74) is 0. The molecule has 0 saturated heterocycles. The monoisotopic (exact) mass is 1400 g/mol. The van der Waals surface area contributed by atoms with E-state index in [0.717, 1.165) is 108 Å². The van der Waals surface area contributed by atoms with Gasteiger partial charge in [-0.2, -0.15) is 0 Å². The van der Waals surface area contributed by atoms with Gasteiger partial charge in [-0.25, -0.2) is 9.13 Å². The Morgan fingerprint density at radius 3 is 0.800 bits per heavy atom. The molecule has 3 N–H and O–H groups in total. The van der Waals surface area contributed by atoms with Crippen LogP contribution in [0.1, 0.15) is 389 Å². The molecule has 0 aromatic heterocycles. The highest BCUT2D eigenvalue weighted by Gasteiger charge is 2.30. The Labute approximate surface area is 581 Å². The maximum Gasteiger partial charge on any atom is 0.472 e. The van der Waals surface area contributed by atoms with Crippen LogP contribution in [0.4, 0.5) is 0 Å². The number of esters is 4. The van der Waals surface area contributed by atoms with Crippen LogP contribution >= 0.6 is 15.6 Å². The Balaban J connectivity index is 5.20. The van der Waals surface area contributed by atoms with Gasteiger partial charge in [-0.3, -0.25) is 37.3 Å². The number of rotatable bonds is 74. The molecule has 0 bridgehead atoms. The maximum atomic E-state index is 13.1.